The lowest BCUT2D eigenvalue weighted by molar-refractivity contribution is -0.145. The fourth-order valence-electron chi connectivity index (χ4n) is 2.63. The number of hydrogen-bond donors (Lipinski definition) is 1. The van der Waals surface area contributed by atoms with Gasteiger partial charge < -0.3 is 15.0 Å². The maximum Gasteiger partial charge on any atom is 0.329 e. The number of ether oxygens (including phenoxy) is 1. The quantitative estimate of drug-likeness (QED) is 0.758. The van der Waals surface area contributed by atoms with Crippen molar-refractivity contribution in [2.24, 2.45) is 11.8 Å². The van der Waals surface area contributed by atoms with Crippen LogP contribution >= 0.6 is 0 Å². The van der Waals surface area contributed by atoms with E-state index >= 15 is 0 Å². The molecule has 19 heavy (non-hydrogen) atoms. The Morgan fingerprint density at radius 3 is 2.32 bits per heavy atom. The van der Waals surface area contributed by atoms with Crippen LogP contribution in [0.3, 0.4) is 0 Å². The number of rotatable bonds is 5. The fraction of sp³-hybridized carbons (Fsp3) is 0.857. The summed E-state index contributed by atoms with van der Waals surface area (Å²) in [5.74, 6) is 0.913. The van der Waals surface area contributed by atoms with Crippen molar-refractivity contribution < 1.29 is 14.3 Å². The van der Waals surface area contributed by atoms with Gasteiger partial charge in [-0.2, -0.15) is 0 Å². The van der Waals surface area contributed by atoms with Gasteiger partial charge in [-0.25, -0.2) is 4.79 Å². The zero-order chi connectivity index (χ0) is 14.4. The number of esters is 1. The Morgan fingerprint density at radius 2 is 1.89 bits per heavy atom. The summed E-state index contributed by atoms with van der Waals surface area (Å²) in [7, 11) is 1.35. The summed E-state index contributed by atoms with van der Waals surface area (Å²) in [5, 5.41) is 2.66. The summed E-state index contributed by atoms with van der Waals surface area (Å²) in [6.45, 7) is 8.44. The number of hydrogen-bond acceptors (Lipinski definition) is 4. The van der Waals surface area contributed by atoms with E-state index in [1.807, 2.05) is 0 Å². The van der Waals surface area contributed by atoms with Gasteiger partial charge >= 0.3 is 5.97 Å². The third-order valence-electron chi connectivity index (χ3n) is 3.88. The molecule has 0 aromatic heterocycles. The number of piperidine rings is 1. The van der Waals surface area contributed by atoms with Gasteiger partial charge in [0.25, 0.3) is 0 Å². The predicted octanol–water partition coefficient (Wildman–Crippen LogP) is 1.03. The smallest absolute Gasteiger partial charge is 0.329 e. The maximum atomic E-state index is 11.6. The average molecular weight is 270 g/mol. The topological polar surface area (TPSA) is 58.6 Å². The Labute approximate surface area is 115 Å². The van der Waals surface area contributed by atoms with Gasteiger partial charge in [0.05, 0.1) is 7.11 Å². The molecule has 0 radical (unpaired) electrons. The van der Waals surface area contributed by atoms with Gasteiger partial charge in [0.15, 0.2) is 0 Å². The van der Waals surface area contributed by atoms with Crippen molar-refractivity contribution in [2.75, 3.05) is 26.7 Å². The van der Waals surface area contributed by atoms with Crippen molar-refractivity contribution >= 4 is 11.9 Å². The average Bonchev–Trinajstić information content (AvgIpc) is 2.37. The summed E-state index contributed by atoms with van der Waals surface area (Å²) in [6.07, 6.45) is 2.32. The van der Waals surface area contributed by atoms with E-state index in [2.05, 4.69) is 24.1 Å². The second-order valence-corrected chi connectivity index (χ2v) is 5.66. The lowest BCUT2D eigenvalue weighted by Gasteiger charge is -2.35. The summed E-state index contributed by atoms with van der Waals surface area (Å²) in [5.41, 5.74) is 0. The molecular formula is C14H26N2O3. The standard InChI is InChI=1S/C14H26N2O3/c1-10(2)12-5-7-16(8-6-12)9-13(14(18)19-4)15-11(3)17/h10,12-13H,5-9H2,1-4H3,(H,15,17). The molecule has 5 heteroatoms. The monoisotopic (exact) mass is 270 g/mol. The van der Waals surface area contributed by atoms with Crippen LogP contribution in [0.4, 0.5) is 0 Å². The molecule has 1 aliphatic heterocycles. The summed E-state index contributed by atoms with van der Waals surface area (Å²) in [4.78, 5) is 25.0. The second-order valence-electron chi connectivity index (χ2n) is 5.66. The Morgan fingerprint density at radius 1 is 1.32 bits per heavy atom. The van der Waals surface area contributed by atoms with E-state index in [9.17, 15) is 9.59 Å². The first-order valence-corrected chi connectivity index (χ1v) is 7.01. The molecule has 1 unspecified atom stereocenters. The van der Waals surface area contributed by atoms with Crippen molar-refractivity contribution in [3.8, 4) is 0 Å². The van der Waals surface area contributed by atoms with Gasteiger partial charge in [0, 0.05) is 13.5 Å². The molecule has 0 aromatic carbocycles. The molecule has 1 rings (SSSR count). The van der Waals surface area contributed by atoms with Crippen molar-refractivity contribution in [3.63, 3.8) is 0 Å². The van der Waals surface area contributed by atoms with E-state index < -0.39 is 6.04 Å². The zero-order valence-corrected chi connectivity index (χ0v) is 12.4. The molecule has 1 heterocycles. The Balaban J connectivity index is 2.47. The number of nitrogens with zero attached hydrogens (tertiary/aromatic N) is 1. The summed E-state index contributed by atoms with van der Waals surface area (Å²) in [6, 6.07) is -0.557. The van der Waals surface area contributed by atoms with Crippen LogP contribution in [0.5, 0.6) is 0 Å². The minimum absolute atomic E-state index is 0.201. The van der Waals surface area contributed by atoms with Crippen molar-refractivity contribution in [1.82, 2.24) is 10.2 Å². The third-order valence-corrected chi connectivity index (χ3v) is 3.88. The second kappa shape index (κ2) is 7.48. The highest BCUT2D eigenvalue weighted by atomic mass is 16.5. The number of carbonyl (C=O) groups excluding carboxylic acids is 2. The van der Waals surface area contributed by atoms with Gasteiger partial charge in [-0.15, -0.1) is 0 Å². The van der Waals surface area contributed by atoms with Crippen molar-refractivity contribution in [3.05, 3.63) is 0 Å². The first-order valence-electron chi connectivity index (χ1n) is 7.01. The minimum atomic E-state index is -0.557. The highest BCUT2D eigenvalue weighted by molar-refractivity contribution is 5.83. The van der Waals surface area contributed by atoms with Crippen LogP contribution in [0.2, 0.25) is 0 Å². The van der Waals surface area contributed by atoms with Crippen LogP contribution in [0.25, 0.3) is 0 Å². The van der Waals surface area contributed by atoms with Crippen LogP contribution in [0.15, 0.2) is 0 Å². The predicted molar refractivity (Wildman–Crippen MR) is 73.6 cm³/mol. The first kappa shape index (κ1) is 16.0. The van der Waals surface area contributed by atoms with Crippen LogP contribution in [0, 0.1) is 11.8 Å². The highest BCUT2D eigenvalue weighted by Crippen LogP contribution is 2.24. The van der Waals surface area contributed by atoms with Crippen molar-refractivity contribution in [1.29, 1.82) is 0 Å². The molecule has 1 atom stereocenters. The van der Waals surface area contributed by atoms with E-state index in [-0.39, 0.29) is 11.9 Å². The van der Waals surface area contributed by atoms with E-state index in [4.69, 9.17) is 4.74 Å². The largest absolute Gasteiger partial charge is 0.467 e. The van der Waals surface area contributed by atoms with E-state index in [0.29, 0.717) is 12.5 Å². The molecule has 5 nitrogen and oxygen atoms in total. The number of likely N-dealkylation sites (tertiary alicyclic amines) is 1. The van der Waals surface area contributed by atoms with Gasteiger partial charge in [-0.3, -0.25) is 4.79 Å². The van der Waals surface area contributed by atoms with Gasteiger partial charge in [-0.05, 0) is 37.8 Å². The fourth-order valence-corrected chi connectivity index (χ4v) is 2.63. The Bertz CT molecular complexity index is 310. The van der Waals surface area contributed by atoms with Gasteiger partial charge in [0.1, 0.15) is 6.04 Å². The normalized spacial score (nSPS) is 19.2. The van der Waals surface area contributed by atoms with Gasteiger partial charge in [0.2, 0.25) is 5.91 Å². The third kappa shape index (κ3) is 5.19. The molecule has 1 fully saturated rings. The number of methoxy groups -OCH3 is 1. The Hall–Kier alpha value is -1.10. The number of nitrogens with one attached hydrogen (secondary N) is 1. The molecule has 110 valence electrons. The minimum Gasteiger partial charge on any atom is -0.467 e. The molecule has 1 amide bonds. The van der Waals surface area contributed by atoms with E-state index in [0.717, 1.165) is 31.8 Å². The SMILES string of the molecule is COC(=O)C(CN1CCC(C(C)C)CC1)NC(C)=O. The molecular weight excluding hydrogens is 244 g/mol. The molecule has 1 N–H and O–H groups in total. The summed E-state index contributed by atoms with van der Waals surface area (Å²) >= 11 is 0. The molecule has 0 bridgehead atoms. The number of carbonyl (C=O) groups is 2. The highest BCUT2D eigenvalue weighted by Gasteiger charge is 2.27. The molecule has 0 saturated carbocycles. The van der Waals surface area contributed by atoms with Crippen LogP contribution in [0.1, 0.15) is 33.6 Å². The lowest BCUT2D eigenvalue weighted by atomic mass is 9.86. The van der Waals surface area contributed by atoms with Crippen molar-refractivity contribution in [2.45, 2.75) is 39.7 Å². The lowest BCUT2D eigenvalue weighted by Crippen LogP contribution is -2.50. The first-order chi connectivity index (χ1) is 8.93. The van der Waals surface area contributed by atoms with Crippen LogP contribution in [-0.4, -0.2) is 49.6 Å². The zero-order valence-electron chi connectivity index (χ0n) is 12.4. The van der Waals surface area contributed by atoms with E-state index in [1.165, 1.54) is 14.0 Å². The summed E-state index contributed by atoms with van der Waals surface area (Å²) < 4.78 is 4.73. The molecule has 0 aliphatic carbocycles. The molecule has 1 aliphatic rings. The van der Waals surface area contributed by atoms with Crippen LogP contribution < -0.4 is 5.32 Å². The van der Waals surface area contributed by atoms with E-state index in [1.54, 1.807) is 0 Å². The number of amides is 1. The maximum absolute atomic E-state index is 11.6. The Kier molecular flexibility index (Phi) is 6.28. The molecule has 0 aromatic rings. The van der Waals surface area contributed by atoms with Gasteiger partial charge in [-0.1, -0.05) is 13.8 Å². The molecule has 0 spiro atoms. The van der Waals surface area contributed by atoms with Crippen LogP contribution in [-0.2, 0) is 14.3 Å². The molecule has 1 saturated heterocycles.